The van der Waals surface area contributed by atoms with Crippen molar-refractivity contribution in [3.8, 4) is 11.4 Å². The van der Waals surface area contributed by atoms with E-state index in [1.165, 1.54) is 12.1 Å². The lowest BCUT2D eigenvalue weighted by Crippen LogP contribution is -1.89. The minimum Gasteiger partial charge on any atom is -0.255 e. The van der Waals surface area contributed by atoms with Gasteiger partial charge < -0.3 is 0 Å². The maximum atomic E-state index is 13.1. The number of rotatable bonds is 1. The number of hydrogen-bond donors (Lipinski definition) is 0. The molecule has 0 aliphatic rings. The van der Waals surface area contributed by atoms with E-state index in [0.717, 1.165) is 27.9 Å². The normalized spacial score (nSPS) is 10.8. The molecule has 88 valence electrons. The van der Waals surface area contributed by atoms with Gasteiger partial charge in [0.05, 0.1) is 16.9 Å². The number of pyridine rings is 2. The molecule has 0 spiro atoms. The summed E-state index contributed by atoms with van der Waals surface area (Å²) in [4.78, 5) is 8.80. The van der Waals surface area contributed by atoms with Gasteiger partial charge in [0.15, 0.2) is 0 Å². The van der Waals surface area contributed by atoms with Crippen LogP contribution < -0.4 is 0 Å². The molecule has 0 saturated carbocycles. The van der Waals surface area contributed by atoms with Gasteiger partial charge in [-0.05, 0) is 48.9 Å². The lowest BCUT2D eigenvalue weighted by molar-refractivity contribution is 0.629. The van der Waals surface area contributed by atoms with Crippen LogP contribution in [0.2, 0.25) is 0 Å². The number of aromatic nitrogens is 2. The summed E-state index contributed by atoms with van der Waals surface area (Å²) < 4.78 is 13.1. The topological polar surface area (TPSA) is 25.8 Å². The molecule has 2 nitrogen and oxygen atoms in total. The maximum Gasteiger partial charge on any atom is 0.123 e. The molecule has 3 rings (SSSR count). The summed E-state index contributed by atoms with van der Waals surface area (Å²) in [6, 6.07) is 12.2. The van der Waals surface area contributed by atoms with Gasteiger partial charge in [0.25, 0.3) is 0 Å². The first-order valence-electron chi connectivity index (χ1n) is 5.72. The van der Waals surface area contributed by atoms with E-state index in [1.807, 2.05) is 31.2 Å². The molecule has 0 radical (unpaired) electrons. The second kappa shape index (κ2) is 4.18. The molecule has 0 aliphatic carbocycles. The summed E-state index contributed by atoms with van der Waals surface area (Å²) in [6.45, 7) is 2.02. The van der Waals surface area contributed by atoms with Crippen LogP contribution in [0.15, 0.2) is 48.7 Å². The van der Waals surface area contributed by atoms with E-state index >= 15 is 0 Å². The van der Waals surface area contributed by atoms with E-state index in [2.05, 4.69) is 9.97 Å². The number of halogens is 1. The zero-order valence-electron chi connectivity index (χ0n) is 9.89. The fraction of sp³-hybridized carbons (Fsp3) is 0.0667. The number of aryl methyl sites for hydroxylation is 1. The molecule has 3 heteroatoms. The van der Waals surface area contributed by atoms with E-state index in [9.17, 15) is 4.39 Å². The number of nitrogens with zero attached hydrogens (tertiary/aromatic N) is 2. The van der Waals surface area contributed by atoms with Gasteiger partial charge in [-0.2, -0.15) is 0 Å². The smallest absolute Gasteiger partial charge is 0.123 e. The van der Waals surface area contributed by atoms with Crippen molar-refractivity contribution in [2.45, 2.75) is 6.92 Å². The van der Waals surface area contributed by atoms with Gasteiger partial charge in [-0.25, -0.2) is 9.37 Å². The summed E-state index contributed by atoms with van der Waals surface area (Å²) in [6.07, 6.45) is 1.77. The zero-order chi connectivity index (χ0) is 12.5. The average Bonchev–Trinajstić information content (AvgIpc) is 2.38. The Labute approximate surface area is 104 Å². The minimum atomic E-state index is -0.245. The lowest BCUT2D eigenvalue weighted by Gasteiger charge is -2.03. The number of fused-ring (bicyclic) bond motifs is 1. The Morgan fingerprint density at radius 3 is 2.67 bits per heavy atom. The van der Waals surface area contributed by atoms with Gasteiger partial charge in [-0.15, -0.1) is 0 Å². The summed E-state index contributed by atoms with van der Waals surface area (Å²) in [5.41, 5.74) is 3.55. The second-order valence-corrected chi connectivity index (χ2v) is 4.25. The van der Waals surface area contributed by atoms with Crippen molar-refractivity contribution in [2.24, 2.45) is 0 Å². The Kier molecular flexibility index (Phi) is 2.52. The van der Waals surface area contributed by atoms with Crippen LogP contribution in [-0.4, -0.2) is 9.97 Å². The SMILES string of the molecule is Cc1ccnc(-c2ccc3cc(F)ccc3n2)c1. The molecule has 0 atom stereocenters. The third-order valence-corrected chi connectivity index (χ3v) is 2.83. The van der Waals surface area contributed by atoms with Crippen LogP contribution in [0.4, 0.5) is 4.39 Å². The van der Waals surface area contributed by atoms with Crippen LogP contribution in [0.25, 0.3) is 22.3 Å². The third kappa shape index (κ3) is 1.95. The minimum absolute atomic E-state index is 0.245. The molecule has 1 aromatic carbocycles. The molecule has 2 heterocycles. The van der Waals surface area contributed by atoms with Gasteiger partial charge in [0.1, 0.15) is 5.82 Å². The van der Waals surface area contributed by atoms with Crippen LogP contribution in [0.1, 0.15) is 5.56 Å². The van der Waals surface area contributed by atoms with Crippen molar-refractivity contribution in [1.82, 2.24) is 9.97 Å². The molecule has 0 unspecified atom stereocenters. The molecule has 2 aromatic heterocycles. The fourth-order valence-corrected chi connectivity index (χ4v) is 1.92. The molecule has 0 N–H and O–H groups in total. The number of hydrogen-bond acceptors (Lipinski definition) is 2. The van der Waals surface area contributed by atoms with E-state index in [1.54, 1.807) is 12.3 Å². The van der Waals surface area contributed by atoms with Crippen molar-refractivity contribution < 1.29 is 4.39 Å². The van der Waals surface area contributed by atoms with Gasteiger partial charge in [0, 0.05) is 11.6 Å². The molecule has 0 fully saturated rings. The van der Waals surface area contributed by atoms with Crippen molar-refractivity contribution in [2.75, 3.05) is 0 Å². The van der Waals surface area contributed by atoms with Crippen LogP contribution in [0, 0.1) is 12.7 Å². The molecular formula is C15H11FN2. The molecule has 0 aliphatic heterocycles. The van der Waals surface area contributed by atoms with Crippen LogP contribution in [0.5, 0.6) is 0 Å². The highest BCUT2D eigenvalue weighted by Crippen LogP contribution is 2.20. The second-order valence-electron chi connectivity index (χ2n) is 4.25. The van der Waals surface area contributed by atoms with E-state index < -0.39 is 0 Å². The highest BCUT2D eigenvalue weighted by atomic mass is 19.1. The van der Waals surface area contributed by atoms with Gasteiger partial charge in [-0.1, -0.05) is 6.07 Å². The summed E-state index contributed by atoms with van der Waals surface area (Å²) in [7, 11) is 0. The monoisotopic (exact) mass is 238 g/mol. The third-order valence-electron chi connectivity index (χ3n) is 2.83. The van der Waals surface area contributed by atoms with Crippen molar-refractivity contribution in [3.05, 3.63) is 60.0 Å². The number of benzene rings is 1. The molecule has 0 amide bonds. The Bertz CT molecular complexity index is 723. The summed E-state index contributed by atoms with van der Waals surface area (Å²) in [5, 5.41) is 0.798. The summed E-state index contributed by atoms with van der Waals surface area (Å²) >= 11 is 0. The average molecular weight is 238 g/mol. The highest BCUT2D eigenvalue weighted by Gasteiger charge is 2.03. The molecular weight excluding hydrogens is 227 g/mol. The fourth-order valence-electron chi connectivity index (χ4n) is 1.92. The van der Waals surface area contributed by atoms with Crippen LogP contribution in [0.3, 0.4) is 0 Å². The molecule has 18 heavy (non-hydrogen) atoms. The van der Waals surface area contributed by atoms with Crippen LogP contribution in [-0.2, 0) is 0 Å². The quantitative estimate of drug-likeness (QED) is 0.645. The standard InChI is InChI=1S/C15H11FN2/c1-10-6-7-17-15(8-10)14-4-2-11-9-12(16)3-5-13(11)18-14/h2-9H,1H3. The lowest BCUT2D eigenvalue weighted by atomic mass is 10.1. The molecule has 3 aromatic rings. The van der Waals surface area contributed by atoms with E-state index in [-0.39, 0.29) is 5.82 Å². The Morgan fingerprint density at radius 1 is 0.944 bits per heavy atom. The predicted octanol–water partition coefficient (Wildman–Crippen LogP) is 3.74. The summed E-state index contributed by atoms with van der Waals surface area (Å²) in [5.74, 6) is -0.245. The van der Waals surface area contributed by atoms with Gasteiger partial charge in [-0.3, -0.25) is 4.98 Å². The van der Waals surface area contributed by atoms with Gasteiger partial charge in [0.2, 0.25) is 0 Å². The zero-order valence-corrected chi connectivity index (χ0v) is 9.89. The van der Waals surface area contributed by atoms with E-state index in [0.29, 0.717) is 0 Å². The van der Waals surface area contributed by atoms with Crippen molar-refractivity contribution >= 4 is 10.9 Å². The van der Waals surface area contributed by atoms with Crippen molar-refractivity contribution in [1.29, 1.82) is 0 Å². The first-order valence-corrected chi connectivity index (χ1v) is 5.72. The first kappa shape index (κ1) is 10.8. The van der Waals surface area contributed by atoms with Gasteiger partial charge >= 0.3 is 0 Å². The largest absolute Gasteiger partial charge is 0.255 e. The molecule has 0 saturated heterocycles. The van der Waals surface area contributed by atoms with E-state index in [4.69, 9.17) is 0 Å². The van der Waals surface area contributed by atoms with Crippen LogP contribution >= 0.6 is 0 Å². The Morgan fingerprint density at radius 2 is 1.83 bits per heavy atom. The maximum absolute atomic E-state index is 13.1. The van der Waals surface area contributed by atoms with Crippen molar-refractivity contribution in [3.63, 3.8) is 0 Å². The Hall–Kier alpha value is -2.29. The Balaban J connectivity index is 2.16. The first-order chi connectivity index (χ1) is 8.72. The highest BCUT2D eigenvalue weighted by molar-refractivity contribution is 5.81. The molecule has 0 bridgehead atoms. The predicted molar refractivity (Wildman–Crippen MR) is 69.7 cm³/mol.